The van der Waals surface area contributed by atoms with E-state index in [-0.39, 0.29) is 13.0 Å². The van der Waals surface area contributed by atoms with E-state index >= 15 is 0 Å². The fourth-order valence-electron chi connectivity index (χ4n) is 5.22. The van der Waals surface area contributed by atoms with Crippen molar-refractivity contribution in [2.75, 3.05) is 19.8 Å². The molecule has 1 saturated carbocycles. The van der Waals surface area contributed by atoms with Gasteiger partial charge in [0.25, 0.3) is 0 Å². The van der Waals surface area contributed by atoms with E-state index in [4.69, 9.17) is 18.5 Å². The minimum Gasteiger partial charge on any atom is -0.457 e. The lowest BCUT2D eigenvalue weighted by Gasteiger charge is -2.41. The molecule has 0 aromatic carbocycles. The summed E-state index contributed by atoms with van der Waals surface area (Å²) in [6.07, 6.45) is 10.3. The number of unbranched alkanes of at least 4 members (excludes halogenated alkanes) is 14. The van der Waals surface area contributed by atoms with Crippen LogP contribution in [0.3, 0.4) is 0 Å². The summed E-state index contributed by atoms with van der Waals surface area (Å²) in [6, 6.07) is 0. The predicted octanol–water partition coefficient (Wildman–Crippen LogP) is 4.85. The Morgan fingerprint density at radius 2 is 1.17 bits per heavy atom. The van der Waals surface area contributed by atoms with Gasteiger partial charge in [0.15, 0.2) is 0 Å². The average molecular weight is 683 g/mol. The first kappa shape index (κ1) is 43.1. The second-order valence-corrected chi connectivity index (χ2v) is 13.8. The molecule has 0 bridgehead atoms. The SMILES string of the molecule is CCCC/C=C\CCCCCCCC(=O)OC(COCCCCCCCCCC)COP(=O)(O)OC1C(O)C(O)C(O)C(O)C1O. The number of carbonyl (C=O) groups excluding carboxylic acids is 1. The van der Waals surface area contributed by atoms with Crippen molar-refractivity contribution in [3.8, 4) is 0 Å². The topological polar surface area (TPSA) is 192 Å². The van der Waals surface area contributed by atoms with Gasteiger partial charge < -0.3 is 39.9 Å². The summed E-state index contributed by atoms with van der Waals surface area (Å²) in [5.41, 5.74) is 0. The maximum atomic E-state index is 12.7. The van der Waals surface area contributed by atoms with Crippen LogP contribution in [0.2, 0.25) is 0 Å². The molecule has 0 aromatic rings. The van der Waals surface area contributed by atoms with Crippen molar-refractivity contribution in [3.63, 3.8) is 0 Å². The number of phosphoric ester groups is 1. The first-order valence-corrected chi connectivity index (χ1v) is 19.0. The van der Waals surface area contributed by atoms with Crippen molar-refractivity contribution in [3.05, 3.63) is 12.2 Å². The van der Waals surface area contributed by atoms with E-state index in [0.717, 1.165) is 57.8 Å². The van der Waals surface area contributed by atoms with Gasteiger partial charge in [0.05, 0.1) is 13.2 Å². The number of hydrogen-bond donors (Lipinski definition) is 6. The molecule has 6 atom stereocenters. The summed E-state index contributed by atoms with van der Waals surface area (Å²) < 4.78 is 33.8. The maximum Gasteiger partial charge on any atom is 0.472 e. The van der Waals surface area contributed by atoms with Crippen molar-refractivity contribution >= 4 is 13.8 Å². The molecule has 1 rings (SSSR count). The number of rotatable bonds is 28. The van der Waals surface area contributed by atoms with E-state index in [1.165, 1.54) is 44.9 Å². The summed E-state index contributed by atoms with van der Waals surface area (Å²) in [4.78, 5) is 22.8. The number of carbonyl (C=O) groups is 1. The third-order valence-electron chi connectivity index (χ3n) is 8.14. The van der Waals surface area contributed by atoms with Crippen molar-refractivity contribution in [1.82, 2.24) is 0 Å². The zero-order chi connectivity index (χ0) is 34.2. The number of phosphoric acid groups is 1. The van der Waals surface area contributed by atoms with Crippen LogP contribution in [0.5, 0.6) is 0 Å². The molecule has 6 N–H and O–H groups in total. The molecule has 13 heteroatoms. The zero-order valence-electron chi connectivity index (χ0n) is 28.1. The number of aliphatic hydroxyl groups is 5. The fraction of sp³-hybridized carbons (Fsp3) is 0.909. The highest BCUT2D eigenvalue weighted by Crippen LogP contribution is 2.47. The number of aliphatic hydroxyl groups excluding tert-OH is 5. The molecule has 1 aliphatic carbocycles. The van der Waals surface area contributed by atoms with Gasteiger partial charge in [-0.05, 0) is 32.1 Å². The van der Waals surface area contributed by atoms with E-state index in [1.807, 2.05) is 0 Å². The van der Waals surface area contributed by atoms with Crippen LogP contribution in [0.25, 0.3) is 0 Å². The van der Waals surface area contributed by atoms with E-state index in [0.29, 0.717) is 13.0 Å². The Labute approximate surface area is 276 Å². The monoisotopic (exact) mass is 682 g/mol. The Morgan fingerprint density at radius 1 is 0.674 bits per heavy atom. The highest BCUT2D eigenvalue weighted by atomic mass is 31.2. The molecule has 6 unspecified atom stereocenters. The van der Waals surface area contributed by atoms with Gasteiger partial charge in [0.1, 0.15) is 42.7 Å². The molecule has 0 spiro atoms. The molecule has 0 saturated heterocycles. The van der Waals surface area contributed by atoms with Gasteiger partial charge in [-0.2, -0.15) is 0 Å². The molecule has 272 valence electrons. The molecular weight excluding hydrogens is 619 g/mol. The minimum absolute atomic E-state index is 0.0771. The van der Waals surface area contributed by atoms with Crippen molar-refractivity contribution in [1.29, 1.82) is 0 Å². The first-order chi connectivity index (χ1) is 22.0. The number of esters is 1. The molecular formula is C33H63O12P. The summed E-state index contributed by atoms with van der Waals surface area (Å²) in [5.74, 6) is -0.491. The largest absolute Gasteiger partial charge is 0.472 e. The van der Waals surface area contributed by atoms with E-state index in [2.05, 4.69) is 26.0 Å². The van der Waals surface area contributed by atoms with Crippen molar-refractivity contribution < 1.29 is 58.3 Å². The lowest BCUT2D eigenvalue weighted by molar-refractivity contribution is -0.220. The Bertz CT molecular complexity index is 827. The van der Waals surface area contributed by atoms with E-state index in [9.17, 15) is 39.8 Å². The van der Waals surface area contributed by atoms with Crippen LogP contribution in [0, 0.1) is 0 Å². The number of ether oxygens (including phenoxy) is 2. The van der Waals surface area contributed by atoms with Crippen LogP contribution in [0.15, 0.2) is 12.2 Å². The highest BCUT2D eigenvalue weighted by molar-refractivity contribution is 7.47. The molecule has 0 amide bonds. The third-order valence-corrected chi connectivity index (χ3v) is 9.12. The molecule has 0 heterocycles. The first-order valence-electron chi connectivity index (χ1n) is 17.5. The lowest BCUT2D eigenvalue weighted by atomic mass is 9.85. The smallest absolute Gasteiger partial charge is 0.457 e. The van der Waals surface area contributed by atoms with Crippen molar-refractivity contribution in [2.45, 2.75) is 172 Å². The normalized spacial score (nSPS) is 25.5. The van der Waals surface area contributed by atoms with Gasteiger partial charge in [-0.25, -0.2) is 4.57 Å². The van der Waals surface area contributed by atoms with Crippen LogP contribution in [-0.2, 0) is 27.9 Å². The van der Waals surface area contributed by atoms with Crippen LogP contribution in [0.4, 0.5) is 0 Å². The summed E-state index contributed by atoms with van der Waals surface area (Å²) >= 11 is 0. The minimum atomic E-state index is -5.00. The standard InChI is InChI=1S/C33H63O12P/c1-3-5-7-9-11-13-14-15-16-18-20-22-27(34)44-26(24-42-23-21-19-17-12-10-8-6-4-2)25-43-46(40,41)45-33-31(38)29(36)28(35)30(37)32(33)39/h9,11,26,28-33,35-39H,3-8,10,12-25H2,1-2H3,(H,40,41)/b11-9-. The molecule has 1 aliphatic rings. The van der Waals surface area contributed by atoms with Crippen molar-refractivity contribution in [2.24, 2.45) is 0 Å². The summed E-state index contributed by atoms with van der Waals surface area (Å²) in [5, 5.41) is 49.7. The molecule has 0 aromatic heterocycles. The molecule has 0 radical (unpaired) electrons. The average Bonchev–Trinajstić information content (AvgIpc) is 3.03. The van der Waals surface area contributed by atoms with Crippen LogP contribution in [0.1, 0.15) is 129 Å². The number of hydrogen-bond acceptors (Lipinski definition) is 11. The van der Waals surface area contributed by atoms with Gasteiger partial charge in [-0.15, -0.1) is 0 Å². The molecule has 0 aliphatic heterocycles. The predicted molar refractivity (Wildman–Crippen MR) is 175 cm³/mol. The highest BCUT2D eigenvalue weighted by Gasteiger charge is 2.51. The summed E-state index contributed by atoms with van der Waals surface area (Å²) in [7, 11) is -5.00. The van der Waals surface area contributed by atoms with Gasteiger partial charge in [0.2, 0.25) is 0 Å². The van der Waals surface area contributed by atoms with E-state index < -0.39 is 63.1 Å². The molecule has 46 heavy (non-hydrogen) atoms. The number of allylic oxidation sites excluding steroid dienone is 2. The lowest BCUT2D eigenvalue weighted by Crippen LogP contribution is -2.64. The van der Waals surface area contributed by atoms with Gasteiger partial charge in [-0.1, -0.05) is 103 Å². The second-order valence-electron chi connectivity index (χ2n) is 12.4. The molecule has 1 fully saturated rings. The van der Waals surface area contributed by atoms with Crippen LogP contribution < -0.4 is 0 Å². The zero-order valence-corrected chi connectivity index (χ0v) is 29.0. The van der Waals surface area contributed by atoms with E-state index in [1.54, 1.807) is 0 Å². The summed E-state index contributed by atoms with van der Waals surface area (Å²) in [6.45, 7) is 4.13. The van der Waals surface area contributed by atoms with Gasteiger partial charge >= 0.3 is 13.8 Å². The van der Waals surface area contributed by atoms with Crippen LogP contribution in [-0.4, -0.2) is 98.9 Å². The Morgan fingerprint density at radius 3 is 1.78 bits per heavy atom. The van der Waals surface area contributed by atoms with Crippen LogP contribution >= 0.6 is 7.82 Å². The Kier molecular flexibility index (Phi) is 24.4. The maximum absolute atomic E-state index is 12.7. The Balaban J connectivity index is 2.53. The second kappa shape index (κ2) is 26.0. The Hall–Kier alpha value is -0.920. The van der Waals surface area contributed by atoms with Gasteiger partial charge in [-0.3, -0.25) is 13.8 Å². The van der Waals surface area contributed by atoms with Gasteiger partial charge in [0, 0.05) is 13.0 Å². The quantitative estimate of drug-likeness (QED) is 0.0285. The molecule has 12 nitrogen and oxygen atoms in total. The third kappa shape index (κ3) is 19.2. The fourth-order valence-corrected chi connectivity index (χ4v) is 6.19.